The summed E-state index contributed by atoms with van der Waals surface area (Å²) in [7, 11) is 0. The predicted octanol–water partition coefficient (Wildman–Crippen LogP) is 2.77. The van der Waals surface area contributed by atoms with E-state index in [0.29, 0.717) is 23.7 Å². The first-order valence-electron chi connectivity index (χ1n) is 8.96. The molecule has 0 bridgehead atoms. The van der Waals surface area contributed by atoms with Gasteiger partial charge in [-0.05, 0) is 18.9 Å². The standard InChI is InChI=1S/C19H21N5O2/c25-19(22-15-6-2-1-3-7-15)16-12-21-24-10-8-17(23-18(16)24)26-13-14-5-4-9-20-11-14/h4-5,8-12,15H,1-3,6-7,13H2,(H,22,25). The van der Waals surface area contributed by atoms with Gasteiger partial charge in [-0.3, -0.25) is 9.78 Å². The van der Waals surface area contributed by atoms with Crippen LogP contribution in [0.2, 0.25) is 0 Å². The molecule has 0 saturated heterocycles. The average molecular weight is 351 g/mol. The Bertz CT molecular complexity index is 887. The van der Waals surface area contributed by atoms with Crippen molar-refractivity contribution in [2.24, 2.45) is 0 Å². The SMILES string of the molecule is O=C(NC1CCCCC1)c1cnn2ccc(OCc3cccnc3)nc12. The largest absolute Gasteiger partial charge is 0.473 e. The number of carbonyl (C=O) groups is 1. The normalized spacial score (nSPS) is 15.1. The maximum absolute atomic E-state index is 12.6. The summed E-state index contributed by atoms with van der Waals surface area (Å²) in [5, 5.41) is 7.33. The second-order valence-corrected chi connectivity index (χ2v) is 6.55. The molecule has 1 aliphatic rings. The molecule has 7 nitrogen and oxygen atoms in total. The van der Waals surface area contributed by atoms with Gasteiger partial charge in [0, 0.05) is 36.3 Å². The number of pyridine rings is 1. The van der Waals surface area contributed by atoms with Gasteiger partial charge in [0.05, 0.1) is 6.20 Å². The van der Waals surface area contributed by atoms with Gasteiger partial charge in [-0.15, -0.1) is 0 Å². The van der Waals surface area contributed by atoms with Crippen LogP contribution in [0.1, 0.15) is 48.0 Å². The summed E-state index contributed by atoms with van der Waals surface area (Å²) in [6, 6.07) is 5.78. The summed E-state index contributed by atoms with van der Waals surface area (Å²) in [4.78, 5) is 21.2. The van der Waals surface area contributed by atoms with E-state index < -0.39 is 0 Å². The third-order valence-electron chi connectivity index (χ3n) is 4.64. The Morgan fingerprint density at radius 1 is 1.23 bits per heavy atom. The van der Waals surface area contributed by atoms with Crippen LogP contribution in [0, 0.1) is 0 Å². The molecule has 3 heterocycles. The van der Waals surface area contributed by atoms with Crippen LogP contribution >= 0.6 is 0 Å². The molecule has 1 aliphatic carbocycles. The van der Waals surface area contributed by atoms with E-state index in [4.69, 9.17) is 4.74 Å². The molecule has 1 N–H and O–H groups in total. The highest BCUT2D eigenvalue weighted by Gasteiger charge is 2.20. The van der Waals surface area contributed by atoms with Crippen molar-refractivity contribution in [2.75, 3.05) is 0 Å². The fourth-order valence-electron chi connectivity index (χ4n) is 3.24. The van der Waals surface area contributed by atoms with Crippen LogP contribution in [-0.4, -0.2) is 31.5 Å². The summed E-state index contributed by atoms with van der Waals surface area (Å²) in [6.07, 6.45) is 12.5. The number of ether oxygens (including phenoxy) is 1. The van der Waals surface area contributed by atoms with Gasteiger partial charge in [-0.1, -0.05) is 25.3 Å². The molecule has 0 aromatic carbocycles. The molecule has 0 radical (unpaired) electrons. The van der Waals surface area contributed by atoms with E-state index in [-0.39, 0.29) is 11.9 Å². The molecule has 3 aromatic rings. The van der Waals surface area contributed by atoms with Crippen molar-refractivity contribution in [2.45, 2.75) is 44.8 Å². The molecular formula is C19H21N5O2. The van der Waals surface area contributed by atoms with E-state index in [1.54, 1.807) is 35.4 Å². The second kappa shape index (κ2) is 7.51. The first kappa shape index (κ1) is 16.5. The summed E-state index contributed by atoms with van der Waals surface area (Å²) < 4.78 is 7.32. The molecule has 1 fully saturated rings. The molecule has 3 aromatic heterocycles. The van der Waals surface area contributed by atoms with Crippen LogP contribution in [0.4, 0.5) is 0 Å². The van der Waals surface area contributed by atoms with Crippen molar-refractivity contribution in [3.63, 3.8) is 0 Å². The van der Waals surface area contributed by atoms with E-state index in [1.807, 2.05) is 12.1 Å². The number of nitrogens with one attached hydrogen (secondary N) is 1. The van der Waals surface area contributed by atoms with Gasteiger partial charge in [-0.25, -0.2) is 4.52 Å². The molecule has 1 saturated carbocycles. The van der Waals surface area contributed by atoms with Crippen molar-refractivity contribution < 1.29 is 9.53 Å². The maximum Gasteiger partial charge on any atom is 0.256 e. The highest BCUT2D eigenvalue weighted by atomic mass is 16.5. The average Bonchev–Trinajstić information content (AvgIpc) is 3.11. The van der Waals surface area contributed by atoms with Gasteiger partial charge in [0.25, 0.3) is 5.91 Å². The Labute approximate surface area is 151 Å². The third-order valence-corrected chi connectivity index (χ3v) is 4.64. The number of hydrogen-bond acceptors (Lipinski definition) is 5. The number of hydrogen-bond donors (Lipinski definition) is 1. The Morgan fingerprint density at radius 3 is 2.92 bits per heavy atom. The molecule has 0 aliphatic heterocycles. The first-order valence-corrected chi connectivity index (χ1v) is 8.96. The van der Waals surface area contributed by atoms with Gasteiger partial charge in [0.2, 0.25) is 5.88 Å². The molecular weight excluding hydrogens is 330 g/mol. The van der Waals surface area contributed by atoms with Gasteiger partial charge >= 0.3 is 0 Å². The van der Waals surface area contributed by atoms with Crippen LogP contribution in [0.15, 0.2) is 43.0 Å². The van der Waals surface area contributed by atoms with E-state index in [0.717, 1.165) is 18.4 Å². The molecule has 1 amide bonds. The molecule has 7 heteroatoms. The van der Waals surface area contributed by atoms with Crippen molar-refractivity contribution in [1.29, 1.82) is 0 Å². The van der Waals surface area contributed by atoms with Crippen LogP contribution in [0.25, 0.3) is 5.65 Å². The van der Waals surface area contributed by atoms with Crippen LogP contribution < -0.4 is 10.1 Å². The lowest BCUT2D eigenvalue weighted by Crippen LogP contribution is -2.36. The van der Waals surface area contributed by atoms with Crippen molar-refractivity contribution in [3.05, 3.63) is 54.1 Å². The Morgan fingerprint density at radius 2 is 2.12 bits per heavy atom. The minimum Gasteiger partial charge on any atom is -0.473 e. The number of carbonyl (C=O) groups excluding carboxylic acids is 1. The minimum absolute atomic E-state index is 0.121. The van der Waals surface area contributed by atoms with Gasteiger partial charge in [-0.2, -0.15) is 10.1 Å². The molecule has 0 unspecified atom stereocenters. The number of nitrogens with zero attached hydrogens (tertiary/aromatic N) is 4. The zero-order valence-corrected chi connectivity index (χ0v) is 14.5. The zero-order chi connectivity index (χ0) is 17.8. The lowest BCUT2D eigenvalue weighted by Gasteiger charge is -2.22. The number of aromatic nitrogens is 4. The Balaban J connectivity index is 1.49. The summed E-state index contributed by atoms with van der Waals surface area (Å²) in [5.41, 5.74) is 1.93. The molecule has 0 spiro atoms. The summed E-state index contributed by atoms with van der Waals surface area (Å²) in [5.74, 6) is 0.331. The number of rotatable bonds is 5. The first-order chi connectivity index (χ1) is 12.8. The molecule has 4 rings (SSSR count). The van der Waals surface area contributed by atoms with Gasteiger partial charge in [0.15, 0.2) is 5.65 Å². The summed E-state index contributed by atoms with van der Waals surface area (Å²) in [6.45, 7) is 0.370. The van der Waals surface area contributed by atoms with Crippen molar-refractivity contribution in [3.8, 4) is 5.88 Å². The molecule has 0 atom stereocenters. The highest BCUT2D eigenvalue weighted by molar-refractivity contribution is 5.99. The van der Waals surface area contributed by atoms with Crippen LogP contribution in [0.5, 0.6) is 5.88 Å². The maximum atomic E-state index is 12.6. The van der Waals surface area contributed by atoms with Crippen LogP contribution in [-0.2, 0) is 6.61 Å². The lowest BCUT2D eigenvalue weighted by molar-refractivity contribution is 0.0929. The van der Waals surface area contributed by atoms with E-state index in [2.05, 4.69) is 20.4 Å². The van der Waals surface area contributed by atoms with E-state index in [1.165, 1.54) is 19.3 Å². The topological polar surface area (TPSA) is 81.4 Å². The smallest absolute Gasteiger partial charge is 0.256 e. The zero-order valence-electron chi connectivity index (χ0n) is 14.5. The third kappa shape index (κ3) is 3.66. The fourth-order valence-corrected chi connectivity index (χ4v) is 3.24. The lowest BCUT2D eigenvalue weighted by atomic mass is 9.95. The molecule has 134 valence electrons. The van der Waals surface area contributed by atoms with Crippen LogP contribution in [0.3, 0.4) is 0 Å². The van der Waals surface area contributed by atoms with Crippen molar-refractivity contribution >= 4 is 11.6 Å². The van der Waals surface area contributed by atoms with Gasteiger partial charge in [0.1, 0.15) is 12.2 Å². The Hall–Kier alpha value is -2.96. The summed E-state index contributed by atoms with van der Waals surface area (Å²) >= 11 is 0. The quantitative estimate of drug-likeness (QED) is 0.764. The van der Waals surface area contributed by atoms with E-state index >= 15 is 0 Å². The highest BCUT2D eigenvalue weighted by Crippen LogP contribution is 2.19. The number of amides is 1. The van der Waals surface area contributed by atoms with Gasteiger partial charge < -0.3 is 10.1 Å². The minimum atomic E-state index is -0.121. The fraction of sp³-hybridized carbons (Fsp3) is 0.368. The predicted molar refractivity (Wildman–Crippen MR) is 95.9 cm³/mol. The Kier molecular flexibility index (Phi) is 4.77. The monoisotopic (exact) mass is 351 g/mol. The van der Waals surface area contributed by atoms with E-state index in [9.17, 15) is 4.79 Å². The molecule has 26 heavy (non-hydrogen) atoms. The number of fused-ring (bicyclic) bond motifs is 1. The second-order valence-electron chi connectivity index (χ2n) is 6.55. The van der Waals surface area contributed by atoms with Crippen molar-refractivity contribution in [1.82, 2.24) is 24.9 Å².